The molecular weight excluding hydrogens is 480 g/mol. The molecule has 0 aliphatic carbocycles. The third-order valence-corrected chi connectivity index (χ3v) is 6.01. The fourth-order valence-corrected chi connectivity index (χ4v) is 3.96. The molecule has 0 spiro atoms. The van der Waals surface area contributed by atoms with Crippen LogP contribution in [-0.4, -0.2) is 38.5 Å². The van der Waals surface area contributed by atoms with Gasteiger partial charge in [-0.1, -0.05) is 48.5 Å². The Morgan fingerprint density at radius 3 is 1.68 bits per heavy atom. The zero-order chi connectivity index (χ0) is 26.6. The molecule has 0 saturated heterocycles. The lowest BCUT2D eigenvalue weighted by Gasteiger charge is -2.25. The third kappa shape index (κ3) is 8.12. The van der Waals surface area contributed by atoms with Crippen LogP contribution in [-0.2, 0) is 31.1 Å². The fraction of sp³-hybridized carbons (Fsp3) is 0.233. The van der Waals surface area contributed by atoms with Crippen LogP contribution in [0.1, 0.15) is 28.9 Å². The maximum Gasteiger partial charge on any atom is 0.320 e. The molecule has 1 atom stereocenters. The summed E-state index contributed by atoms with van der Waals surface area (Å²) in [4.78, 5) is 22.2. The molecule has 8 heteroatoms. The zero-order valence-corrected chi connectivity index (χ0v) is 21.1. The highest BCUT2D eigenvalue weighted by Crippen LogP contribution is 2.25. The van der Waals surface area contributed by atoms with Gasteiger partial charge in [0.1, 0.15) is 30.8 Å². The molecule has 0 unspecified atom stereocenters. The monoisotopic (exact) mass is 512 g/mol. The Morgan fingerprint density at radius 2 is 1.24 bits per heavy atom. The first-order valence-electron chi connectivity index (χ1n) is 12.5. The normalized spacial score (nSPS) is 11.7. The summed E-state index contributed by atoms with van der Waals surface area (Å²) in [6.45, 7) is 2.27. The van der Waals surface area contributed by atoms with Crippen molar-refractivity contribution in [1.29, 1.82) is 0 Å². The van der Waals surface area contributed by atoms with Gasteiger partial charge in [0.15, 0.2) is 0 Å². The summed E-state index contributed by atoms with van der Waals surface area (Å²) < 4.78 is 12.2. The van der Waals surface area contributed by atoms with Crippen molar-refractivity contribution in [1.82, 2.24) is 14.9 Å². The van der Waals surface area contributed by atoms with Gasteiger partial charge < -0.3 is 20.3 Å². The molecule has 0 bridgehead atoms. The second kappa shape index (κ2) is 13.9. The van der Waals surface area contributed by atoms with Crippen LogP contribution < -0.4 is 15.2 Å². The van der Waals surface area contributed by atoms with Crippen LogP contribution in [0.15, 0.2) is 97.3 Å². The number of aliphatic carboxylic acids is 1. The van der Waals surface area contributed by atoms with Crippen LogP contribution >= 0.6 is 0 Å². The fourth-order valence-electron chi connectivity index (χ4n) is 3.96. The van der Waals surface area contributed by atoms with Gasteiger partial charge in [-0.05, 0) is 42.8 Å². The predicted molar refractivity (Wildman–Crippen MR) is 144 cm³/mol. The number of nitrogens with zero attached hydrogens (tertiary/aromatic N) is 3. The van der Waals surface area contributed by atoms with Crippen molar-refractivity contribution in [3.8, 4) is 11.5 Å². The number of para-hydroxylation sites is 2. The number of rotatable bonds is 14. The molecule has 0 saturated carbocycles. The molecule has 38 heavy (non-hydrogen) atoms. The summed E-state index contributed by atoms with van der Waals surface area (Å²) in [5, 5.41) is 9.32. The molecule has 0 aliphatic heterocycles. The quantitative estimate of drug-likeness (QED) is 0.255. The Bertz CT molecular complexity index is 1200. The second-order valence-corrected chi connectivity index (χ2v) is 8.88. The van der Waals surface area contributed by atoms with E-state index in [2.05, 4.69) is 14.9 Å². The third-order valence-electron chi connectivity index (χ3n) is 6.01. The maximum absolute atomic E-state index is 11.4. The van der Waals surface area contributed by atoms with Crippen LogP contribution in [0, 0.1) is 0 Å². The first kappa shape index (κ1) is 26.8. The van der Waals surface area contributed by atoms with Crippen molar-refractivity contribution in [2.75, 3.05) is 6.54 Å². The topological polar surface area (TPSA) is 111 Å². The molecule has 2 aromatic heterocycles. The average molecular weight is 513 g/mol. The highest BCUT2D eigenvalue weighted by atomic mass is 16.5. The first-order chi connectivity index (χ1) is 18.6. The Hall–Kier alpha value is -4.27. The molecule has 0 radical (unpaired) electrons. The molecular formula is C30H32N4O4. The molecule has 4 aromatic rings. The molecule has 0 fully saturated rings. The van der Waals surface area contributed by atoms with E-state index in [9.17, 15) is 9.90 Å². The van der Waals surface area contributed by atoms with E-state index in [1.165, 1.54) is 0 Å². The van der Waals surface area contributed by atoms with E-state index < -0.39 is 12.0 Å². The van der Waals surface area contributed by atoms with E-state index in [4.69, 9.17) is 15.2 Å². The molecule has 4 rings (SSSR count). The maximum atomic E-state index is 11.4. The number of carboxylic acid groups (broad SMARTS) is 1. The van der Waals surface area contributed by atoms with Crippen molar-refractivity contribution in [3.63, 3.8) is 0 Å². The van der Waals surface area contributed by atoms with Gasteiger partial charge in [-0.15, -0.1) is 0 Å². The number of aromatic nitrogens is 2. The number of benzene rings is 2. The summed E-state index contributed by atoms with van der Waals surface area (Å²) >= 11 is 0. The summed E-state index contributed by atoms with van der Waals surface area (Å²) in [6, 6.07) is 26.2. The molecule has 2 heterocycles. The lowest BCUT2D eigenvalue weighted by Crippen LogP contribution is -2.35. The summed E-state index contributed by atoms with van der Waals surface area (Å²) in [5.41, 5.74) is 9.49. The van der Waals surface area contributed by atoms with E-state index in [1.54, 1.807) is 12.4 Å². The molecule has 3 N–H and O–H groups in total. The minimum atomic E-state index is -1.01. The van der Waals surface area contributed by atoms with Crippen LogP contribution in [0.3, 0.4) is 0 Å². The van der Waals surface area contributed by atoms with Gasteiger partial charge >= 0.3 is 5.97 Å². The van der Waals surface area contributed by atoms with Gasteiger partial charge in [0, 0.05) is 43.2 Å². The van der Waals surface area contributed by atoms with Crippen LogP contribution in [0.2, 0.25) is 0 Å². The summed E-state index contributed by atoms with van der Waals surface area (Å²) in [6.07, 6.45) is 3.79. The Morgan fingerprint density at radius 1 is 0.763 bits per heavy atom. The Kier molecular flexibility index (Phi) is 9.78. The van der Waals surface area contributed by atoms with Crippen molar-refractivity contribution >= 4 is 5.97 Å². The molecule has 0 amide bonds. The van der Waals surface area contributed by atoms with Crippen LogP contribution in [0.5, 0.6) is 11.5 Å². The first-order valence-corrected chi connectivity index (χ1v) is 12.5. The van der Waals surface area contributed by atoms with Gasteiger partial charge in [0.05, 0.1) is 11.4 Å². The molecule has 196 valence electrons. The van der Waals surface area contributed by atoms with Gasteiger partial charge in [-0.25, -0.2) is 0 Å². The van der Waals surface area contributed by atoms with Gasteiger partial charge in [0.2, 0.25) is 0 Å². The number of carbonyl (C=O) groups is 1. The number of nitrogens with two attached hydrogens (primary N) is 1. The lowest BCUT2D eigenvalue weighted by atomic mass is 10.1. The predicted octanol–water partition coefficient (Wildman–Crippen LogP) is 4.44. The number of hydrogen-bond acceptors (Lipinski definition) is 7. The van der Waals surface area contributed by atoms with E-state index in [0.29, 0.717) is 39.3 Å². The van der Waals surface area contributed by atoms with Gasteiger partial charge in [-0.3, -0.25) is 19.7 Å². The molecule has 2 aromatic carbocycles. The smallest absolute Gasteiger partial charge is 0.320 e. The van der Waals surface area contributed by atoms with Crippen LogP contribution in [0.4, 0.5) is 0 Å². The van der Waals surface area contributed by atoms with Crippen molar-refractivity contribution in [3.05, 3.63) is 120 Å². The number of ether oxygens (including phenoxy) is 2. The highest BCUT2D eigenvalue weighted by molar-refractivity contribution is 5.73. The van der Waals surface area contributed by atoms with E-state index in [-0.39, 0.29) is 0 Å². The minimum absolute atomic E-state index is 0.309. The average Bonchev–Trinajstić information content (AvgIpc) is 2.95. The van der Waals surface area contributed by atoms with Crippen molar-refractivity contribution in [2.24, 2.45) is 5.73 Å². The standard InChI is InChI=1S/C30H32N4O4/c31-27(30(35)36)15-18-34(19-23-9-1-3-13-28(23)37-21-25-11-5-7-16-32-25)20-24-10-2-4-14-29(24)38-22-26-12-6-8-17-33-26/h1-14,16-17,27H,15,18-22,31H2,(H,35,36)/t27-/m0/s1. The number of pyridine rings is 2. The van der Waals surface area contributed by atoms with Gasteiger partial charge in [0.25, 0.3) is 0 Å². The van der Waals surface area contributed by atoms with Crippen molar-refractivity contribution < 1.29 is 19.4 Å². The van der Waals surface area contributed by atoms with E-state index in [1.807, 2.05) is 84.9 Å². The Balaban J connectivity index is 1.50. The number of hydrogen-bond donors (Lipinski definition) is 2. The lowest BCUT2D eigenvalue weighted by molar-refractivity contribution is -0.138. The highest BCUT2D eigenvalue weighted by Gasteiger charge is 2.18. The SMILES string of the molecule is N[C@@H](CCN(Cc1ccccc1OCc1ccccn1)Cc1ccccc1OCc1ccccn1)C(=O)O. The van der Waals surface area contributed by atoms with Crippen LogP contribution in [0.25, 0.3) is 0 Å². The molecule has 0 aliphatic rings. The van der Waals surface area contributed by atoms with E-state index in [0.717, 1.165) is 34.0 Å². The second-order valence-electron chi connectivity index (χ2n) is 8.88. The van der Waals surface area contributed by atoms with Gasteiger partial charge in [-0.2, -0.15) is 0 Å². The number of carboxylic acids is 1. The minimum Gasteiger partial charge on any atom is -0.487 e. The van der Waals surface area contributed by atoms with Crippen molar-refractivity contribution in [2.45, 2.75) is 38.8 Å². The summed E-state index contributed by atoms with van der Waals surface area (Å²) in [7, 11) is 0. The Labute approximate surface area is 222 Å². The largest absolute Gasteiger partial charge is 0.487 e. The van der Waals surface area contributed by atoms with E-state index >= 15 is 0 Å². The summed E-state index contributed by atoms with van der Waals surface area (Å²) in [5.74, 6) is 0.499. The zero-order valence-electron chi connectivity index (χ0n) is 21.1. The molecule has 8 nitrogen and oxygen atoms in total.